The van der Waals surface area contributed by atoms with Gasteiger partial charge in [0.15, 0.2) is 5.82 Å². The van der Waals surface area contributed by atoms with E-state index in [4.69, 9.17) is 10.2 Å². The van der Waals surface area contributed by atoms with Gasteiger partial charge in [-0.05, 0) is 40.2 Å². The second kappa shape index (κ2) is 7.92. The van der Waals surface area contributed by atoms with Crippen LogP contribution in [0.1, 0.15) is 5.56 Å². The average Bonchev–Trinajstić information content (AvgIpc) is 3.15. The fourth-order valence-electron chi connectivity index (χ4n) is 2.87. The summed E-state index contributed by atoms with van der Waals surface area (Å²) in [6.45, 7) is 1.38. The van der Waals surface area contributed by atoms with Crippen LogP contribution in [0.15, 0.2) is 47.4 Å². The number of nitrogens with zero attached hydrogens (tertiary/aromatic N) is 4. The number of aliphatic hydroxyl groups excluding tert-OH is 1. The van der Waals surface area contributed by atoms with Gasteiger partial charge in [-0.25, -0.2) is 18.7 Å². The third-order valence-corrected chi connectivity index (χ3v) is 5.07. The van der Waals surface area contributed by atoms with Gasteiger partial charge in [-0.15, -0.1) is 5.10 Å². The van der Waals surface area contributed by atoms with Gasteiger partial charge in [0.1, 0.15) is 0 Å². The van der Waals surface area contributed by atoms with Crippen LogP contribution >= 0.6 is 0 Å². The first kappa shape index (κ1) is 19.1. The van der Waals surface area contributed by atoms with E-state index in [1.54, 1.807) is 12.1 Å². The molecule has 0 fully saturated rings. The number of tetrazole rings is 1. The van der Waals surface area contributed by atoms with Crippen LogP contribution in [0.25, 0.3) is 22.5 Å². The molecule has 0 bridgehead atoms. The van der Waals surface area contributed by atoms with Crippen LogP contribution in [-0.4, -0.2) is 59.2 Å². The number of nitrogens with two attached hydrogens (primary N) is 1. The number of nitrogens with one attached hydrogen (secondary N) is 1. The molecule has 1 heterocycles. The molecule has 0 spiro atoms. The van der Waals surface area contributed by atoms with Crippen molar-refractivity contribution < 1.29 is 13.5 Å². The van der Waals surface area contributed by atoms with Crippen LogP contribution < -0.4 is 5.14 Å². The number of likely N-dealkylation sites (N-methyl/N-ethyl adjacent to an activating group) is 1. The summed E-state index contributed by atoms with van der Waals surface area (Å²) in [5.74, 6) is 0.224. The summed E-state index contributed by atoms with van der Waals surface area (Å²) >= 11 is 0. The maximum Gasteiger partial charge on any atom is 0.238 e. The predicted molar refractivity (Wildman–Crippen MR) is 99.8 cm³/mol. The average molecular weight is 388 g/mol. The van der Waals surface area contributed by atoms with E-state index < -0.39 is 10.0 Å². The first-order valence-electron chi connectivity index (χ1n) is 8.19. The fraction of sp³-hybridized carbons (Fsp3) is 0.235. The van der Waals surface area contributed by atoms with Gasteiger partial charge in [0.25, 0.3) is 0 Å². The minimum Gasteiger partial charge on any atom is -0.395 e. The summed E-state index contributed by atoms with van der Waals surface area (Å²) in [6.07, 6.45) is 0. The number of hydrogen-bond acceptors (Lipinski definition) is 7. The number of aliphatic hydroxyl groups is 1. The standard InChI is InChI=1S/C17H20N6O3S/c1-23(9-10-24)11-12-5-7-13(8-6-12)14-3-2-4-15(27(18,25)26)16(14)17-19-21-22-20-17/h2-8,24H,9-11H2,1H3,(H2,18,25,26)(H,19,20,21,22). The Labute approximate surface area is 156 Å². The molecule has 1 aromatic heterocycles. The molecule has 0 unspecified atom stereocenters. The molecule has 2 aromatic carbocycles. The van der Waals surface area contributed by atoms with Gasteiger partial charge in [0, 0.05) is 18.7 Å². The van der Waals surface area contributed by atoms with Gasteiger partial charge in [0.2, 0.25) is 10.0 Å². The SMILES string of the molecule is CN(CCO)Cc1ccc(-c2cccc(S(N)(=O)=O)c2-c2nnn[nH]2)cc1. The lowest BCUT2D eigenvalue weighted by atomic mass is 9.98. The zero-order chi connectivity index (χ0) is 19.4. The lowest BCUT2D eigenvalue weighted by Gasteiger charge is -2.16. The number of aromatic nitrogens is 4. The highest BCUT2D eigenvalue weighted by atomic mass is 32.2. The van der Waals surface area contributed by atoms with E-state index in [0.717, 1.165) is 11.1 Å². The molecular formula is C17H20N6O3S. The van der Waals surface area contributed by atoms with Crippen molar-refractivity contribution in [2.24, 2.45) is 5.14 Å². The Morgan fingerprint density at radius 2 is 1.93 bits per heavy atom. The first-order valence-corrected chi connectivity index (χ1v) is 9.73. The van der Waals surface area contributed by atoms with Crippen molar-refractivity contribution in [3.63, 3.8) is 0 Å². The van der Waals surface area contributed by atoms with Gasteiger partial charge < -0.3 is 5.11 Å². The molecule has 27 heavy (non-hydrogen) atoms. The van der Waals surface area contributed by atoms with Crippen molar-refractivity contribution >= 4 is 10.0 Å². The highest BCUT2D eigenvalue weighted by Gasteiger charge is 2.21. The quantitative estimate of drug-likeness (QED) is 0.539. The molecule has 0 atom stereocenters. The molecule has 9 nitrogen and oxygen atoms in total. The van der Waals surface area contributed by atoms with E-state index in [-0.39, 0.29) is 17.3 Å². The van der Waals surface area contributed by atoms with Crippen LogP contribution in [0.3, 0.4) is 0 Å². The molecule has 3 aromatic rings. The van der Waals surface area contributed by atoms with Gasteiger partial charge in [-0.3, -0.25) is 4.90 Å². The molecule has 4 N–H and O–H groups in total. The monoisotopic (exact) mass is 388 g/mol. The van der Waals surface area contributed by atoms with Crippen LogP contribution in [0, 0.1) is 0 Å². The topological polar surface area (TPSA) is 138 Å². The second-order valence-electron chi connectivity index (χ2n) is 6.13. The summed E-state index contributed by atoms with van der Waals surface area (Å²) in [7, 11) is -2.04. The van der Waals surface area contributed by atoms with Crippen molar-refractivity contribution in [1.29, 1.82) is 0 Å². The molecule has 0 saturated heterocycles. The predicted octanol–water partition coefficient (Wildman–Crippen LogP) is 0.605. The molecule has 0 aliphatic rings. The lowest BCUT2D eigenvalue weighted by molar-refractivity contribution is 0.217. The second-order valence-corrected chi connectivity index (χ2v) is 7.66. The number of benzene rings is 2. The van der Waals surface area contributed by atoms with E-state index in [1.807, 2.05) is 36.2 Å². The van der Waals surface area contributed by atoms with E-state index >= 15 is 0 Å². The van der Waals surface area contributed by atoms with E-state index in [0.29, 0.717) is 24.2 Å². The molecule has 3 rings (SSSR count). The van der Waals surface area contributed by atoms with Crippen molar-refractivity contribution in [2.75, 3.05) is 20.2 Å². The molecule has 10 heteroatoms. The molecule has 0 aliphatic carbocycles. The highest BCUT2D eigenvalue weighted by molar-refractivity contribution is 7.89. The normalized spacial score (nSPS) is 11.9. The molecule has 142 valence electrons. The van der Waals surface area contributed by atoms with Crippen molar-refractivity contribution in [2.45, 2.75) is 11.4 Å². The molecular weight excluding hydrogens is 368 g/mol. The Kier molecular flexibility index (Phi) is 5.61. The van der Waals surface area contributed by atoms with Gasteiger partial charge in [-0.1, -0.05) is 36.4 Å². The number of aromatic amines is 1. The van der Waals surface area contributed by atoms with Gasteiger partial charge in [-0.2, -0.15) is 0 Å². The van der Waals surface area contributed by atoms with E-state index in [9.17, 15) is 8.42 Å². The Bertz CT molecular complexity index is 1000. The highest BCUT2D eigenvalue weighted by Crippen LogP contribution is 2.34. The summed E-state index contributed by atoms with van der Waals surface area (Å²) in [5.41, 5.74) is 2.85. The third kappa shape index (κ3) is 4.37. The summed E-state index contributed by atoms with van der Waals surface area (Å²) in [6, 6.07) is 12.6. The summed E-state index contributed by atoms with van der Waals surface area (Å²) in [4.78, 5) is 1.95. The Morgan fingerprint density at radius 3 is 2.52 bits per heavy atom. The number of primary sulfonamides is 1. The number of sulfonamides is 1. The molecule has 0 radical (unpaired) electrons. The zero-order valence-corrected chi connectivity index (χ0v) is 15.5. The molecule has 0 saturated carbocycles. The maximum absolute atomic E-state index is 12.0. The number of H-pyrrole nitrogens is 1. The van der Waals surface area contributed by atoms with E-state index in [2.05, 4.69) is 20.6 Å². The van der Waals surface area contributed by atoms with Gasteiger partial charge in [0.05, 0.1) is 11.5 Å². The Hall–Kier alpha value is -2.66. The van der Waals surface area contributed by atoms with Gasteiger partial charge >= 0.3 is 0 Å². The number of rotatable bonds is 7. The Balaban J connectivity index is 2.05. The minimum absolute atomic E-state index is 0.0506. The van der Waals surface area contributed by atoms with Crippen molar-refractivity contribution in [1.82, 2.24) is 25.5 Å². The van der Waals surface area contributed by atoms with Crippen molar-refractivity contribution in [3.8, 4) is 22.5 Å². The molecule has 0 aliphatic heterocycles. The number of hydrogen-bond donors (Lipinski definition) is 3. The lowest BCUT2D eigenvalue weighted by Crippen LogP contribution is -2.21. The fourth-order valence-corrected chi connectivity index (χ4v) is 3.63. The largest absolute Gasteiger partial charge is 0.395 e. The Morgan fingerprint density at radius 1 is 1.19 bits per heavy atom. The summed E-state index contributed by atoms with van der Waals surface area (Å²) in [5, 5.41) is 27.9. The maximum atomic E-state index is 12.0. The van der Waals surface area contributed by atoms with Crippen LogP contribution in [0.5, 0.6) is 0 Å². The smallest absolute Gasteiger partial charge is 0.238 e. The van der Waals surface area contributed by atoms with E-state index in [1.165, 1.54) is 6.07 Å². The summed E-state index contributed by atoms with van der Waals surface area (Å²) < 4.78 is 24.1. The third-order valence-electron chi connectivity index (χ3n) is 4.11. The van der Waals surface area contributed by atoms with Crippen molar-refractivity contribution in [3.05, 3.63) is 48.0 Å². The van der Waals surface area contributed by atoms with Crippen LogP contribution in [-0.2, 0) is 16.6 Å². The minimum atomic E-state index is -3.97. The van der Waals surface area contributed by atoms with Crippen LogP contribution in [0.4, 0.5) is 0 Å². The first-order chi connectivity index (χ1) is 12.9. The van der Waals surface area contributed by atoms with Crippen LogP contribution in [0.2, 0.25) is 0 Å². The molecule has 0 amide bonds. The zero-order valence-electron chi connectivity index (χ0n) is 14.7.